The second kappa shape index (κ2) is 10.6. The van der Waals surface area contributed by atoms with Crippen molar-refractivity contribution in [3.05, 3.63) is 78.1 Å². The monoisotopic (exact) mass is 462 g/mol. The lowest BCUT2D eigenvalue weighted by Crippen LogP contribution is -2.61. The third kappa shape index (κ3) is 6.35. The summed E-state index contributed by atoms with van der Waals surface area (Å²) in [6, 6.07) is 7.30. The lowest BCUT2D eigenvalue weighted by atomic mass is 9.78. The lowest BCUT2D eigenvalue weighted by Gasteiger charge is -2.54. The number of anilines is 1. The summed E-state index contributed by atoms with van der Waals surface area (Å²) in [6.45, 7) is 15.9. The quantitative estimate of drug-likeness (QED) is 0.500. The zero-order valence-corrected chi connectivity index (χ0v) is 21.2. The standard InChI is InChI=1S/C29H38N2O3/c1-7-24(32)18-21-12-15-23(16-13-21)30-27(33)22-10-9-11-25(17-14-22)34-26-19-28(3,4)31(8-2)29(5,6)20-26/h7,10-17,26H,1,8-9,18-20H2,2-6H3,(H,30,33). The molecule has 1 aliphatic carbocycles. The lowest BCUT2D eigenvalue weighted by molar-refractivity contribution is -0.114. The maximum Gasteiger partial charge on any atom is 0.255 e. The number of benzene rings is 1. The molecule has 0 atom stereocenters. The normalized spacial score (nSPS) is 20.0. The van der Waals surface area contributed by atoms with Crippen LogP contribution in [0.2, 0.25) is 0 Å². The summed E-state index contributed by atoms with van der Waals surface area (Å²) < 4.78 is 6.42. The fourth-order valence-corrected chi connectivity index (χ4v) is 5.41. The van der Waals surface area contributed by atoms with Crippen LogP contribution in [0.5, 0.6) is 0 Å². The highest BCUT2D eigenvalue weighted by molar-refractivity contribution is 6.05. The largest absolute Gasteiger partial charge is 0.491 e. The maximum absolute atomic E-state index is 12.8. The Balaban J connectivity index is 1.59. The van der Waals surface area contributed by atoms with E-state index in [2.05, 4.69) is 51.4 Å². The zero-order chi connectivity index (χ0) is 24.9. The first-order valence-corrected chi connectivity index (χ1v) is 12.1. The average molecular weight is 463 g/mol. The van der Waals surface area contributed by atoms with Crippen LogP contribution in [0.4, 0.5) is 5.69 Å². The van der Waals surface area contributed by atoms with E-state index >= 15 is 0 Å². The van der Waals surface area contributed by atoms with Crippen LogP contribution in [-0.2, 0) is 20.7 Å². The molecule has 1 aliphatic heterocycles. The van der Waals surface area contributed by atoms with E-state index in [0.29, 0.717) is 24.1 Å². The van der Waals surface area contributed by atoms with Gasteiger partial charge in [-0.3, -0.25) is 14.5 Å². The van der Waals surface area contributed by atoms with Gasteiger partial charge >= 0.3 is 0 Å². The molecule has 34 heavy (non-hydrogen) atoms. The third-order valence-electron chi connectivity index (χ3n) is 6.70. The topological polar surface area (TPSA) is 58.6 Å². The summed E-state index contributed by atoms with van der Waals surface area (Å²) in [7, 11) is 0. The summed E-state index contributed by atoms with van der Waals surface area (Å²) in [5.74, 6) is 0.621. The summed E-state index contributed by atoms with van der Waals surface area (Å²) in [4.78, 5) is 26.9. The highest BCUT2D eigenvalue weighted by Gasteiger charge is 2.45. The van der Waals surface area contributed by atoms with Gasteiger partial charge in [0.1, 0.15) is 11.9 Å². The minimum Gasteiger partial charge on any atom is -0.491 e. The first-order valence-electron chi connectivity index (χ1n) is 12.1. The number of carbonyl (C=O) groups is 2. The molecule has 0 bridgehead atoms. The number of nitrogens with one attached hydrogen (secondary N) is 1. The number of hydrogen-bond donors (Lipinski definition) is 1. The Labute approximate surface area is 204 Å². The van der Waals surface area contributed by atoms with Crippen LogP contribution in [-0.4, -0.2) is 40.3 Å². The van der Waals surface area contributed by atoms with Crippen molar-refractivity contribution in [3.8, 4) is 0 Å². The van der Waals surface area contributed by atoms with Gasteiger partial charge < -0.3 is 10.1 Å². The molecule has 1 heterocycles. The molecule has 1 fully saturated rings. The molecule has 5 heteroatoms. The molecule has 1 aromatic carbocycles. The molecule has 3 rings (SSSR count). The van der Waals surface area contributed by atoms with Crippen molar-refractivity contribution in [2.24, 2.45) is 0 Å². The van der Waals surface area contributed by atoms with Crippen LogP contribution in [0.25, 0.3) is 0 Å². The van der Waals surface area contributed by atoms with E-state index in [1.165, 1.54) is 6.08 Å². The summed E-state index contributed by atoms with van der Waals surface area (Å²) in [6.07, 6.45) is 12.0. The number of nitrogens with zero attached hydrogens (tertiary/aromatic N) is 1. The molecule has 0 saturated carbocycles. The van der Waals surface area contributed by atoms with E-state index in [0.717, 1.165) is 30.7 Å². The Kier molecular flexibility index (Phi) is 7.98. The molecule has 1 N–H and O–H groups in total. The molecule has 1 amide bonds. The minimum absolute atomic E-state index is 0.0286. The zero-order valence-electron chi connectivity index (χ0n) is 21.2. The van der Waals surface area contributed by atoms with E-state index < -0.39 is 0 Å². The fourth-order valence-electron chi connectivity index (χ4n) is 5.41. The van der Waals surface area contributed by atoms with E-state index in [1.54, 1.807) is 0 Å². The fraction of sp³-hybridized carbons (Fsp3) is 0.448. The predicted octanol–water partition coefficient (Wildman–Crippen LogP) is 5.75. The summed E-state index contributed by atoms with van der Waals surface area (Å²) in [5, 5.41) is 2.93. The molecule has 182 valence electrons. The SMILES string of the molecule is C=CC(=O)Cc1ccc(NC(=O)C2=CCC=C(OC3CC(C)(C)N(CC)C(C)(C)C3)C=C2)cc1. The van der Waals surface area contributed by atoms with Crippen LogP contribution in [0.1, 0.15) is 59.4 Å². The highest BCUT2D eigenvalue weighted by atomic mass is 16.5. The van der Waals surface area contributed by atoms with Gasteiger partial charge in [0.2, 0.25) is 0 Å². The molecule has 1 aromatic rings. The molecule has 1 saturated heterocycles. The van der Waals surface area contributed by atoms with Gasteiger partial charge in [0.25, 0.3) is 5.91 Å². The van der Waals surface area contributed by atoms with Crippen molar-refractivity contribution in [1.29, 1.82) is 0 Å². The second-order valence-corrected chi connectivity index (χ2v) is 10.4. The van der Waals surface area contributed by atoms with Crippen molar-refractivity contribution in [3.63, 3.8) is 0 Å². The third-order valence-corrected chi connectivity index (χ3v) is 6.70. The first kappa shape index (κ1) is 25.7. The Morgan fingerprint density at radius 2 is 1.74 bits per heavy atom. The van der Waals surface area contributed by atoms with Gasteiger partial charge in [-0.2, -0.15) is 0 Å². The molecular weight excluding hydrogens is 424 g/mol. The van der Waals surface area contributed by atoms with Crippen LogP contribution in [0.15, 0.2) is 72.6 Å². The van der Waals surface area contributed by atoms with E-state index in [4.69, 9.17) is 4.74 Å². The number of rotatable bonds is 8. The minimum atomic E-state index is -0.167. The molecule has 2 aliphatic rings. The molecule has 0 radical (unpaired) electrons. The number of hydrogen-bond acceptors (Lipinski definition) is 4. The summed E-state index contributed by atoms with van der Waals surface area (Å²) >= 11 is 0. The van der Waals surface area contributed by atoms with E-state index in [1.807, 2.05) is 48.6 Å². The molecule has 0 unspecified atom stereocenters. The van der Waals surface area contributed by atoms with Gasteiger partial charge in [0.15, 0.2) is 5.78 Å². The number of allylic oxidation sites excluding steroid dienone is 4. The van der Waals surface area contributed by atoms with Crippen LogP contribution < -0.4 is 5.32 Å². The van der Waals surface area contributed by atoms with Crippen LogP contribution in [0, 0.1) is 0 Å². The van der Waals surface area contributed by atoms with Crippen LogP contribution in [0.3, 0.4) is 0 Å². The number of piperidine rings is 1. The highest BCUT2D eigenvalue weighted by Crippen LogP contribution is 2.40. The Morgan fingerprint density at radius 3 is 2.32 bits per heavy atom. The maximum atomic E-state index is 12.8. The predicted molar refractivity (Wildman–Crippen MR) is 139 cm³/mol. The van der Waals surface area contributed by atoms with Crippen molar-refractivity contribution in [2.45, 2.75) is 77.5 Å². The van der Waals surface area contributed by atoms with Crippen molar-refractivity contribution in [2.75, 3.05) is 11.9 Å². The van der Waals surface area contributed by atoms with Crippen molar-refractivity contribution < 1.29 is 14.3 Å². The Bertz CT molecular complexity index is 994. The van der Waals surface area contributed by atoms with E-state index in [-0.39, 0.29) is 28.9 Å². The van der Waals surface area contributed by atoms with Gasteiger partial charge in [-0.25, -0.2) is 0 Å². The van der Waals surface area contributed by atoms with Crippen LogP contribution >= 0.6 is 0 Å². The molecule has 0 aromatic heterocycles. The number of amides is 1. The van der Waals surface area contributed by atoms with Gasteiger partial charge in [0.05, 0.1) is 0 Å². The number of ether oxygens (including phenoxy) is 1. The number of ketones is 1. The van der Waals surface area contributed by atoms with Crippen molar-refractivity contribution in [1.82, 2.24) is 4.90 Å². The smallest absolute Gasteiger partial charge is 0.255 e. The second-order valence-electron chi connectivity index (χ2n) is 10.4. The summed E-state index contributed by atoms with van der Waals surface area (Å²) in [5.41, 5.74) is 2.30. The molecule has 5 nitrogen and oxygen atoms in total. The van der Waals surface area contributed by atoms with Gasteiger partial charge in [-0.1, -0.05) is 31.7 Å². The first-order chi connectivity index (χ1) is 16.0. The number of carbonyl (C=O) groups excluding carboxylic acids is 2. The molecular formula is C29H38N2O3. The van der Waals surface area contributed by atoms with Crippen molar-refractivity contribution >= 4 is 17.4 Å². The average Bonchev–Trinajstić information content (AvgIpc) is 2.99. The molecule has 0 spiro atoms. The van der Waals surface area contributed by atoms with Gasteiger partial charge in [0, 0.05) is 41.6 Å². The van der Waals surface area contributed by atoms with Gasteiger partial charge in [-0.05, 0) is 82.7 Å². The Morgan fingerprint density at radius 1 is 1.09 bits per heavy atom. The van der Waals surface area contributed by atoms with E-state index in [9.17, 15) is 9.59 Å². The van der Waals surface area contributed by atoms with Gasteiger partial charge in [-0.15, -0.1) is 0 Å². The Hall–Kier alpha value is -2.92. The number of likely N-dealkylation sites (tertiary alicyclic amines) is 1.